The first-order valence-electron chi connectivity index (χ1n) is 5.96. The van der Waals surface area contributed by atoms with Crippen molar-refractivity contribution in [2.24, 2.45) is 0 Å². The number of nitrogen functional groups attached to an aromatic ring is 1. The highest BCUT2D eigenvalue weighted by Gasteiger charge is 2.11. The van der Waals surface area contributed by atoms with E-state index < -0.39 is 6.10 Å². The predicted molar refractivity (Wildman–Crippen MR) is 70.3 cm³/mol. The molecule has 1 amide bonds. The Kier molecular flexibility index (Phi) is 5.45. The van der Waals surface area contributed by atoms with Gasteiger partial charge in [0.25, 0.3) is 0 Å². The lowest BCUT2D eigenvalue weighted by Crippen LogP contribution is -2.22. The van der Waals surface area contributed by atoms with Gasteiger partial charge in [-0.15, -0.1) is 0 Å². The van der Waals surface area contributed by atoms with Gasteiger partial charge in [-0.25, -0.2) is 0 Å². The van der Waals surface area contributed by atoms with Crippen molar-refractivity contribution in [3.63, 3.8) is 0 Å². The number of rotatable bonds is 6. The van der Waals surface area contributed by atoms with E-state index in [0.717, 1.165) is 0 Å². The van der Waals surface area contributed by atoms with Crippen molar-refractivity contribution in [1.82, 2.24) is 5.32 Å². The molecule has 1 aromatic carbocycles. The van der Waals surface area contributed by atoms with E-state index >= 15 is 0 Å². The van der Waals surface area contributed by atoms with Crippen molar-refractivity contribution in [3.05, 3.63) is 23.8 Å². The Labute approximate surface area is 107 Å². The maximum absolute atomic E-state index is 11.3. The molecule has 0 radical (unpaired) electrons. The van der Waals surface area contributed by atoms with Crippen LogP contribution in [0.4, 0.5) is 5.69 Å². The van der Waals surface area contributed by atoms with Crippen LogP contribution in [0.3, 0.4) is 0 Å². The monoisotopic (exact) mass is 252 g/mol. The molecule has 1 rings (SSSR count). The molecular weight excluding hydrogens is 232 g/mol. The molecule has 1 atom stereocenters. The fraction of sp³-hybridized carbons (Fsp3) is 0.462. The number of benzene rings is 1. The van der Waals surface area contributed by atoms with E-state index in [9.17, 15) is 9.90 Å². The molecule has 1 unspecified atom stereocenters. The molecule has 0 bridgehead atoms. The quantitative estimate of drug-likeness (QED) is 0.665. The van der Waals surface area contributed by atoms with Crippen LogP contribution >= 0.6 is 0 Å². The molecule has 0 aromatic heterocycles. The molecule has 0 spiro atoms. The number of amides is 1. The molecule has 4 N–H and O–H groups in total. The number of nitrogens with one attached hydrogen (secondary N) is 1. The van der Waals surface area contributed by atoms with Gasteiger partial charge in [-0.2, -0.15) is 0 Å². The second-order valence-electron chi connectivity index (χ2n) is 4.01. The number of methoxy groups -OCH3 is 1. The van der Waals surface area contributed by atoms with E-state index in [4.69, 9.17) is 10.5 Å². The predicted octanol–water partition coefficient (Wildman–Crippen LogP) is 1.23. The highest BCUT2D eigenvalue weighted by Crippen LogP contribution is 2.27. The minimum atomic E-state index is -0.694. The van der Waals surface area contributed by atoms with Gasteiger partial charge in [0.2, 0.25) is 5.91 Å². The average molecular weight is 252 g/mol. The topological polar surface area (TPSA) is 84.6 Å². The number of anilines is 1. The highest BCUT2D eigenvalue weighted by molar-refractivity contribution is 5.75. The zero-order valence-corrected chi connectivity index (χ0v) is 10.8. The lowest BCUT2D eigenvalue weighted by atomic mass is 10.0. The molecule has 0 saturated carbocycles. The summed E-state index contributed by atoms with van der Waals surface area (Å²) in [4.78, 5) is 11.3. The number of hydrogen-bond acceptors (Lipinski definition) is 4. The number of aliphatic hydroxyl groups is 1. The molecule has 5 nitrogen and oxygen atoms in total. The number of carbonyl (C=O) groups is 1. The second kappa shape index (κ2) is 6.86. The molecule has 100 valence electrons. The summed E-state index contributed by atoms with van der Waals surface area (Å²) in [5.74, 6) is 0.521. The van der Waals surface area contributed by atoms with E-state index in [0.29, 0.717) is 36.4 Å². The summed E-state index contributed by atoms with van der Waals surface area (Å²) >= 11 is 0. The summed E-state index contributed by atoms with van der Waals surface area (Å²) < 4.78 is 5.04. The zero-order chi connectivity index (χ0) is 13.5. The zero-order valence-electron chi connectivity index (χ0n) is 10.8. The number of ether oxygens (including phenoxy) is 1. The first kappa shape index (κ1) is 14.3. The van der Waals surface area contributed by atoms with Crippen LogP contribution in [0.2, 0.25) is 0 Å². The maximum atomic E-state index is 11.3. The van der Waals surface area contributed by atoms with Crippen LogP contribution in [0.5, 0.6) is 5.75 Å². The van der Waals surface area contributed by atoms with Gasteiger partial charge in [-0.05, 0) is 31.0 Å². The van der Waals surface area contributed by atoms with Crippen LogP contribution in [0, 0.1) is 0 Å². The van der Waals surface area contributed by atoms with E-state index in [2.05, 4.69) is 5.32 Å². The van der Waals surface area contributed by atoms with Crippen molar-refractivity contribution < 1.29 is 14.6 Å². The van der Waals surface area contributed by atoms with Crippen molar-refractivity contribution in [2.75, 3.05) is 19.4 Å². The summed E-state index contributed by atoms with van der Waals surface area (Å²) in [6.45, 7) is 2.46. The van der Waals surface area contributed by atoms with Gasteiger partial charge in [0, 0.05) is 13.0 Å². The minimum absolute atomic E-state index is 0.0574. The highest BCUT2D eigenvalue weighted by atomic mass is 16.5. The standard InChI is InChI=1S/C13H20N2O3/c1-3-15-13(17)7-5-11(16)9-4-6-12(18-2)10(14)8-9/h4,6,8,11,16H,3,5,7,14H2,1-2H3,(H,15,17). The fourth-order valence-corrected chi connectivity index (χ4v) is 1.68. The smallest absolute Gasteiger partial charge is 0.220 e. The summed E-state index contributed by atoms with van der Waals surface area (Å²) in [6, 6.07) is 5.12. The lowest BCUT2D eigenvalue weighted by molar-refractivity contribution is -0.121. The van der Waals surface area contributed by atoms with Crippen molar-refractivity contribution in [3.8, 4) is 5.75 Å². The number of nitrogens with two attached hydrogens (primary N) is 1. The van der Waals surface area contributed by atoms with Crippen LogP contribution in [-0.4, -0.2) is 24.7 Å². The minimum Gasteiger partial charge on any atom is -0.495 e. The normalized spacial score (nSPS) is 11.9. The van der Waals surface area contributed by atoms with E-state index in [-0.39, 0.29) is 5.91 Å². The van der Waals surface area contributed by atoms with E-state index in [1.807, 2.05) is 6.92 Å². The van der Waals surface area contributed by atoms with Gasteiger partial charge >= 0.3 is 0 Å². The molecule has 0 aliphatic heterocycles. The molecule has 0 heterocycles. The Hall–Kier alpha value is -1.75. The maximum Gasteiger partial charge on any atom is 0.220 e. The molecule has 1 aromatic rings. The molecule has 5 heteroatoms. The Morgan fingerprint density at radius 1 is 1.56 bits per heavy atom. The van der Waals surface area contributed by atoms with E-state index in [1.165, 1.54) is 7.11 Å². The first-order chi connectivity index (χ1) is 8.58. The second-order valence-corrected chi connectivity index (χ2v) is 4.01. The fourth-order valence-electron chi connectivity index (χ4n) is 1.68. The van der Waals surface area contributed by atoms with Crippen LogP contribution in [-0.2, 0) is 4.79 Å². The molecule has 0 fully saturated rings. The molecule has 0 saturated heterocycles. The first-order valence-corrected chi connectivity index (χ1v) is 5.96. The van der Waals surface area contributed by atoms with Gasteiger partial charge < -0.3 is 20.9 Å². The third-order valence-electron chi connectivity index (χ3n) is 2.66. The molecular formula is C13H20N2O3. The van der Waals surface area contributed by atoms with Gasteiger partial charge in [-0.3, -0.25) is 4.79 Å². The largest absolute Gasteiger partial charge is 0.495 e. The number of hydrogen-bond donors (Lipinski definition) is 3. The Morgan fingerprint density at radius 3 is 2.83 bits per heavy atom. The van der Waals surface area contributed by atoms with Crippen LogP contribution in [0.1, 0.15) is 31.4 Å². The third kappa shape index (κ3) is 3.92. The SMILES string of the molecule is CCNC(=O)CCC(O)c1ccc(OC)c(N)c1. The summed E-state index contributed by atoms with van der Waals surface area (Å²) in [5.41, 5.74) is 6.93. The Morgan fingerprint density at radius 2 is 2.28 bits per heavy atom. The number of aliphatic hydroxyl groups excluding tert-OH is 1. The van der Waals surface area contributed by atoms with Gasteiger partial charge in [0.1, 0.15) is 5.75 Å². The lowest BCUT2D eigenvalue weighted by Gasteiger charge is -2.13. The average Bonchev–Trinajstić information content (AvgIpc) is 2.36. The van der Waals surface area contributed by atoms with Gasteiger partial charge in [0.05, 0.1) is 18.9 Å². The Bertz CT molecular complexity index is 407. The Balaban J connectivity index is 2.58. The third-order valence-corrected chi connectivity index (χ3v) is 2.66. The summed E-state index contributed by atoms with van der Waals surface area (Å²) in [7, 11) is 1.54. The van der Waals surface area contributed by atoms with Crippen LogP contribution < -0.4 is 15.8 Å². The molecule has 0 aliphatic carbocycles. The number of carbonyl (C=O) groups excluding carboxylic acids is 1. The molecule has 0 aliphatic rings. The summed E-state index contributed by atoms with van der Waals surface area (Å²) in [5, 5.41) is 12.6. The van der Waals surface area contributed by atoms with Crippen molar-refractivity contribution >= 4 is 11.6 Å². The van der Waals surface area contributed by atoms with Gasteiger partial charge in [-0.1, -0.05) is 6.07 Å². The van der Waals surface area contributed by atoms with Crippen molar-refractivity contribution in [1.29, 1.82) is 0 Å². The van der Waals surface area contributed by atoms with Crippen molar-refractivity contribution in [2.45, 2.75) is 25.9 Å². The van der Waals surface area contributed by atoms with Crippen LogP contribution in [0.25, 0.3) is 0 Å². The van der Waals surface area contributed by atoms with E-state index in [1.54, 1.807) is 18.2 Å². The van der Waals surface area contributed by atoms with Crippen LogP contribution in [0.15, 0.2) is 18.2 Å². The summed E-state index contributed by atoms with van der Waals surface area (Å²) in [6.07, 6.45) is -0.0285. The molecule has 18 heavy (non-hydrogen) atoms. The van der Waals surface area contributed by atoms with Gasteiger partial charge in [0.15, 0.2) is 0 Å².